The lowest BCUT2D eigenvalue weighted by Crippen LogP contribution is -2.09. The van der Waals surface area contributed by atoms with Crippen LogP contribution in [-0.2, 0) is 4.79 Å². The predicted octanol–water partition coefficient (Wildman–Crippen LogP) is 3.73. The van der Waals surface area contributed by atoms with Crippen LogP contribution < -0.4 is 10.1 Å². The van der Waals surface area contributed by atoms with E-state index in [1.165, 1.54) is 0 Å². The fourth-order valence-electron chi connectivity index (χ4n) is 2.41. The Hall–Kier alpha value is -3.22. The maximum absolute atomic E-state index is 11.4. The van der Waals surface area contributed by atoms with E-state index in [0.29, 0.717) is 29.7 Å². The second-order valence-corrected chi connectivity index (χ2v) is 5.93. The van der Waals surface area contributed by atoms with Gasteiger partial charge in [0.05, 0.1) is 5.69 Å². The van der Waals surface area contributed by atoms with E-state index in [4.69, 9.17) is 4.74 Å². The van der Waals surface area contributed by atoms with E-state index < -0.39 is 0 Å². The average Bonchev–Trinajstić information content (AvgIpc) is 2.95. The molecule has 0 fully saturated rings. The lowest BCUT2D eigenvalue weighted by atomic mass is 10.3. The number of carbonyl (C=O) groups is 1. The van der Waals surface area contributed by atoms with Crippen molar-refractivity contribution >= 4 is 11.6 Å². The van der Waals surface area contributed by atoms with Crippen LogP contribution in [0.4, 0.5) is 5.69 Å². The number of ether oxygens (including phenoxy) is 1. The van der Waals surface area contributed by atoms with Gasteiger partial charge in [-0.05, 0) is 45.0 Å². The zero-order chi connectivity index (χ0) is 18.7. The third kappa shape index (κ3) is 3.88. The van der Waals surface area contributed by atoms with Crippen molar-refractivity contribution in [1.29, 1.82) is 0 Å². The number of hydrogen-bond donors (Lipinski definition) is 1. The first-order valence-corrected chi connectivity index (χ1v) is 8.40. The van der Waals surface area contributed by atoms with E-state index in [1.807, 2.05) is 32.3 Å². The van der Waals surface area contributed by atoms with Gasteiger partial charge in [-0.25, -0.2) is 9.97 Å². The minimum Gasteiger partial charge on any atom is -0.439 e. The van der Waals surface area contributed by atoms with Crippen molar-refractivity contribution < 1.29 is 9.53 Å². The average molecular weight is 351 g/mol. The first-order valence-electron chi connectivity index (χ1n) is 8.40. The van der Waals surface area contributed by atoms with Crippen LogP contribution >= 0.6 is 0 Å². The molecule has 0 unspecified atom stereocenters. The normalized spacial score (nSPS) is 10.6. The van der Waals surface area contributed by atoms with E-state index in [2.05, 4.69) is 20.3 Å². The smallest absolute Gasteiger partial charge is 0.224 e. The summed E-state index contributed by atoms with van der Waals surface area (Å²) < 4.78 is 7.76. The number of nitrogens with one attached hydrogen (secondary N) is 1. The molecule has 1 amide bonds. The van der Waals surface area contributed by atoms with Gasteiger partial charge in [-0.3, -0.25) is 9.36 Å². The highest BCUT2D eigenvalue weighted by molar-refractivity contribution is 5.90. The van der Waals surface area contributed by atoms with E-state index >= 15 is 0 Å². The van der Waals surface area contributed by atoms with Crippen LogP contribution in [0.3, 0.4) is 0 Å². The number of aryl methyl sites for hydroxylation is 2. The Bertz CT molecular complexity index is 932. The molecule has 1 aromatic carbocycles. The van der Waals surface area contributed by atoms with Gasteiger partial charge in [-0.2, -0.15) is 4.98 Å². The molecule has 0 aliphatic heterocycles. The van der Waals surface area contributed by atoms with Crippen LogP contribution in [0, 0.1) is 20.8 Å². The summed E-state index contributed by atoms with van der Waals surface area (Å²) in [4.78, 5) is 24.5. The van der Waals surface area contributed by atoms with Crippen LogP contribution in [0.15, 0.2) is 36.7 Å². The molecular weight excluding hydrogens is 330 g/mol. The van der Waals surface area contributed by atoms with Gasteiger partial charge in [0.1, 0.15) is 23.7 Å². The lowest BCUT2D eigenvalue weighted by molar-refractivity contribution is -0.115. The molecule has 7 nitrogen and oxygen atoms in total. The van der Waals surface area contributed by atoms with Gasteiger partial charge in [-0.1, -0.05) is 6.92 Å². The monoisotopic (exact) mass is 351 g/mol. The third-order valence-electron chi connectivity index (χ3n) is 3.98. The van der Waals surface area contributed by atoms with Gasteiger partial charge < -0.3 is 10.1 Å². The highest BCUT2D eigenvalue weighted by Gasteiger charge is 2.10. The molecule has 3 rings (SSSR count). The number of amides is 1. The lowest BCUT2D eigenvalue weighted by Gasteiger charge is -2.10. The number of imidazole rings is 1. The molecule has 0 bridgehead atoms. The van der Waals surface area contributed by atoms with Gasteiger partial charge in [-0.15, -0.1) is 0 Å². The van der Waals surface area contributed by atoms with Crippen molar-refractivity contribution in [2.45, 2.75) is 34.1 Å². The number of rotatable bonds is 5. The quantitative estimate of drug-likeness (QED) is 0.757. The second kappa shape index (κ2) is 7.35. The number of nitrogens with zero attached hydrogens (tertiary/aromatic N) is 4. The van der Waals surface area contributed by atoms with Gasteiger partial charge in [0.15, 0.2) is 0 Å². The molecule has 7 heteroatoms. The standard InChI is InChI=1S/C19H21N5O2/c1-5-18(25)23-15-6-8-16(9-7-15)26-19-10-17(21-14(4)22-19)24-11-20-12(2)13(24)3/h6-11H,5H2,1-4H3,(H,23,25). The van der Waals surface area contributed by atoms with Crippen molar-refractivity contribution in [2.75, 3.05) is 5.32 Å². The summed E-state index contributed by atoms with van der Waals surface area (Å²) in [5, 5.41) is 2.80. The summed E-state index contributed by atoms with van der Waals surface area (Å²) in [6, 6.07) is 8.93. The Morgan fingerprint density at radius 3 is 2.50 bits per heavy atom. The molecule has 0 radical (unpaired) electrons. The minimum absolute atomic E-state index is 0.0271. The summed E-state index contributed by atoms with van der Waals surface area (Å²) in [6.45, 7) is 7.57. The summed E-state index contributed by atoms with van der Waals surface area (Å²) in [5.41, 5.74) is 2.70. The molecule has 1 N–H and O–H groups in total. The minimum atomic E-state index is -0.0271. The summed E-state index contributed by atoms with van der Waals surface area (Å²) >= 11 is 0. The van der Waals surface area contributed by atoms with Crippen LogP contribution in [0.5, 0.6) is 11.6 Å². The van der Waals surface area contributed by atoms with Crippen molar-refractivity contribution in [3.05, 3.63) is 53.9 Å². The maximum atomic E-state index is 11.4. The van der Waals surface area contributed by atoms with E-state index in [9.17, 15) is 4.79 Å². The highest BCUT2D eigenvalue weighted by Crippen LogP contribution is 2.24. The Morgan fingerprint density at radius 2 is 1.88 bits per heavy atom. The van der Waals surface area contributed by atoms with Crippen LogP contribution in [0.1, 0.15) is 30.6 Å². The second-order valence-electron chi connectivity index (χ2n) is 5.93. The number of aromatic nitrogens is 4. The molecule has 0 aliphatic rings. The predicted molar refractivity (Wildman–Crippen MR) is 98.8 cm³/mol. The number of benzene rings is 1. The Morgan fingerprint density at radius 1 is 1.15 bits per heavy atom. The first-order chi connectivity index (χ1) is 12.5. The summed E-state index contributed by atoms with van der Waals surface area (Å²) in [6.07, 6.45) is 2.18. The Balaban J connectivity index is 1.82. The van der Waals surface area contributed by atoms with E-state index in [0.717, 1.165) is 17.1 Å². The van der Waals surface area contributed by atoms with Gasteiger partial charge in [0.2, 0.25) is 11.8 Å². The topological polar surface area (TPSA) is 81.9 Å². The fraction of sp³-hybridized carbons (Fsp3) is 0.263. The van der Waals surface area contributed by atoms with Crippen molar-refractivity contribution in [3.8, 4) is 17.4 Å². The maximum Gasteiger partial charge on any atom is 0.224 e. The molecule has 0 atom stereocenters. The molecule has 134 valence electrons. The van der Waals surface area contributed by atoms with E-state index in [-0.39, 0.29) is 5.91 Å². The number of hydrogen-bond acceptors (Lipinski definition) is 5. The summed E-state index contributed by atoms with van der Waals surface area (Å²) in [7, 11) is 0. The largest absolute Gasteiger partial charge is 0.439 e. The van der Waals surface area contributed by atoms with Crippen LogP contribution in [0.25, 0.3) is 5.82 Å². The molecule has 0 spiro atoms. The van der Waals surface area contributed by atoms with Crippen molar-refractivity contribution in [1.82, 2.24) is 19.5 Å². The molecule has 0 aliphatic carbocycles. The van der Waals surface area contributed by atoms with Gasteiger partial charge in [0.25, 0.3) is 0 Å². The number of anilines is 1. The van der Waals surface area contributed by atoms with Crippen LogP contribution in [0.2, 0.25) is 0 Å². The number of carbonyl (C=O) groups excluding carboxylic acids is 1. The molecule has 2 aromatic heterocycles. The molecule has 3 aromatic rings. The Kier molecular flexibility index (Phi) is 4.97. The fourth-order valence-corrected chi connectivity index (χ4v) is 2.41. The Labute approximate surface area is 152 Å². The molecule has 0 saturated carbocycles. The molecule has 2 heterocycles. The highest BCUT2D eigenvalue weighted by atomic mass is 16.5. The molecule has 26 heavy (non-hydrogen) atoms. The zero-order valence-electron chi connectivity index (χ0n) is 15.3. The van der Waals surface area contributed by atoms with Crippen molar-refractivity contribution in [3.63, 3.8) is 0 Å². The molecular formula is C19H21N5O2. The van der Waals surface area contributed by atoms with Crippen LogP contribution in [-0.4, -0.2) is 25.4 Å². The first kappa shape index (κ1) is 17.6. The van der Waals surface area contributed by atoms with E-state index in [1.54, 1.807) is 36.7 Å². The SMILES string of the molecule is CCC(=O)Nc1ccc(Oc2cc(-n3cnc(C)c3C)nc(C)n2)cc1. The van der Waals surface area contributed by atoms with Crippen molar-refractivity contribution in [2.24, 2.45) is 0 Å². The zero-order valence-corrected chi connectivity index (χ0v) is 15.3. The summed E-state index contributed by atoms with van der Waals surface area (Å²) in [5.74, 6) is 2.36. The van der Waals surface area contributed by atoms with Gasteiger partial charge in [0, 0.05) is 23.9 Å². The third-order valence-corrected chi connectivity index (χ3v) is 3.98. The molecule has 0 saturated heterocycles. The van der Waals surface area contributed by atoms with Gasteiger partial charge >= 0.3 is 0 Å².